The molecule has 0 spiro atoms. The van der Waals surface area contributed by atoms with Crippen LogP contribution < -0.4 is 15.0 Å². The van der Waals surface area contributed by atoms with Crippen molar-refractivity contribution in [2.45, 2.75) is 19.3 Å². The number of nitrogens with one attached hydrogen (secondary N) is 1. The highest BCUT2D eigenvalue weighted by atomic mass is 16.5. The molecule has 0 aliphatic carbocycles. The molecule has 0 fully saturated rings. The number of hydrogen-bond acceptors (Lipinski definition) is 3. The molecule has 1 amide bonds. The molecule has 148 valence electrons. The van der Waals surface area contributed by atoms with Crippen molar-refractivity contribution in [2.24, 2.45) is 0 Å². The summed E-state index contributed by atoms with van der Waals surface area (Å²) in [5, 5.41) is 2.98. The van der Waals surface area contributed by atoms with Crippen molar-refractivity contribution in [1.82, 2.24) is 0 Å². The first kappa shape index (κ1) is 19.1. The van der Waals surface area contributed by atoms with Crippen molar-refractivity contribution in [2.75, 3.05) is 29.9 Å². The van der Waals surface area contributed by atoms with Gasteiger partial charge in [0.05, 0.1) is 13.2 Å². The number of carbonyl (C=O) groups excluding carboxylic acids is 1. The van der Waals surface area contributed by atoms with Crippen LogP contribution in [0.3, 0.4) is 0 Å². The molecule has 0 aromatic heterocycles. The van der Waals surface area contributed by atoms with Crippen molar-refractivity contribution in [3.05, 3.63) is 90.0 Å². The highest BCUT2D eigenvalue weighted by Crippen LogP contribution is 2.27. The Labute approximate surface area is 172 Å². The van der Waals surface area contributed by atoms with Gasteiger partial charge in [-0.25, -0.2) is 0 Å². The molecule has 3 aromatic carbocycles. The Hall–Kier alpha value is -3.27. The number of para-hydroxylation sites is 1. The van der Waals surface area contributed by atoms with E-state index in [1.807, 2.05) is 42.5 Å². The van der Waals surface area contributed by atoms with E-state index in [0.29, 0.717) is 13.2 Å². The van der Waals surface area contributed by atoms with Crippen molar-refractivity contribution >= 4 is 17.3 Å². The highest BCUT2D eigenvalue weighted by Gasteiger charge is 2.20. The van der Waals surface area contributed by atoms with Crippen LogP contribution in [0.15, 0.2) is 78.9 Å². The van der Waals surface area contributed by atoms with Crippen LogP contribution in [0.5, 0.6) is 5.75 Å². The van der Waals surface area contributed by atoms with Crippen LogP contribution in [0.25, 0.3) is 0 Å². The zero-order valence-electron chi connectivity index (χ0n) is 16.5. The maximum Gasteiger partial charge on any atom is 0.243 e. The van der Waals surface area contributed by atoms with Gasteiger partial charge in [-0.2, -0.15) is 0 Å². The Balaban J connectivity index is 1.21. The standard InChI is InChI=1S/C25H26N2O2/c28-25(19-27-17-16-21-10-4-5-11-24(21)27)26-22-12-14-23(15-13-22)29-18-6-9-20-7-2-1-3-8-20/h1-5,7-8,10-15H,6,9,16-19H2,(H,26,28). The van der Waals surface area contributed by atoms with E-state index in [2.05, 4.69) is 46.6 Å². The second-order valence-electron chi connectivity index (χ2n) is 7.31. The Kier molecular flexibility index (Phi) is 6.10. The van der Waals surface area contributed by atoms with E-state index in [1.54, 1.807) is 0 Å². The average molecular weight is 386 g/mol. The largest absolute Gasteiger partial charge is 0.494 e. The van der Waals surface area contributed by atoms with Gasteiger partial charge in [-0.05, 0) is 60.7 Å². The molecule has 1 aliphatic rings. The minimum atomic E-state index is -0.00164. The summed E-state index contributed by atoms with van der Waals surface area (Å²) in [4.78, 5) is 14.6. The molecule has 1 N–H and O–H groups in total. The first-order valence-corrected chi connectivity index (χ1v) is 10.2. The fourth-order valence-electron chi connectivity index (χ4n) is 3.69. The SMILES string of the molecule is O=C(CN1CCc2ccccc21)Nc1ccc(OCCCc2ccccc2)cc1. The molecule has 4 nitrogen and oxygen atoms in total. The first-order valence-electron chi connectivity index (χ1n) is 10.2. The summed E-state index contributed by atoms with van der Waals surface area (Å²) >= 11 is 0. The lowest BCUT2D eigenvalue weighted by atomic mass is 10.1. The molecule has 29 heavy (non-hydrogen) atoms. The van der Waals surface area contributed by atoms with Crippen LogP contribution in [-0.4, -0.2) is 25.6 Å². The summed E-state index contributed by atoms with van der Waals surface area (Å²) < 4.78 is 5.81. The van der Waals surface area contributed by atoms with Gasteiger partial charge < -0.3 is 15.0 Å². The van der Waals surface area contributed by atoms with Gasteiger partial charge >= 0.3 is 0 Å². The van der Waals surface area contributed by atoms with Crippen LogP contribution in [0.1, 0.15) is 17.5 Å². The summed E-state index contributed by atoms with van der Waals surface area (Å²) in [7, 11) is 0. The van der Waals surface area contributed by atoms with Crippen molar-refractivity contribution in [3.63, 3.8) is 0 Å². The van der Waals surface area contributed by atoms with Crippen molar-refractivity contribution in [3.8, 4) is 5.75 Å². The third-order valence-corrected chi connectivity index (χ3v) is 5.18. The van der Waals surface area contributed by atoms with Gasteiger partial charge in [0.1, 0.15) is 5.75 Å². The molecule has 0 saturated heterocycles. The fraction of sp³-hybridized carbons (Fsp3) is 0.240. The number of fused-ring (bicyclic) bond motifs is 1. The maximum absolute atomic E-state index is 12.4. The van der Waals surface area contributed by atoms with E-state index >= 15 is 0 Å². The molecular weight excluding hydrogens is 360 g/mol. The third kappa shape index (κ3) is 5.17. The van der Waals surface area contributed by atoms with E-state index in [0.717, 1.165) is 37.2 Å². The van der Waals surface area contributed by atoms with Gasteiger partial charge in [0.15, 0.2) is 0 Å². The van der Waals surface area contributed by atoms with E-state index in [4.69, 9.17) is 4.74 Å². The van der Waals surface area contributed by atoms with Crippen LogP contribution in [0.2, 0.25) is 0 Å². The maximum atomic E-state index is 12.4. The Morgan fingerprint density at radius 3 is 2.52 bits per heavy atom. The smallest absolute Gasteiger partial charge is 0.243 e. The predicted octanol–water partition coefficient (Wildman–Crippen LogP) is 4.70. The van der Waals surface area contributed by atoms with Gasteiger partial charge in [-0.15, -0.1) is 0 Å². The number of anilines is 2. The molecular formula is C25H26N2O2. The van der Waals surface area contributed by atoms with Gasteiger partial charge in [-0.1, -0.05) is 48.5 Å². The average Bonchev–Trinajstić information content (AvgIpc) is 3.16. The van der Waals surface area contributed by atoms with Crippen molar-refractivity contribution in [1.29, 1.82) is 0 Å². The minimum Gasteiger partial charge on any atom is -0.494 e. The number of nitrogens with zero attached hydrogens (tertiary/aromatic N) is 1. The fourth-order valence-corrected chi connectivity index (χ4v) is 3.69. The molecule has 0 unspecified atom stereocenters. The zero-order valence-corrected chi connectivity index (χ0v) is 16.5. The normalized spacial score (nSPS) is 12.5. The first-order chi connectivity index (χ1) is 14.3. The number of rotatable bonds is 8. The van der Waals surface area contributed by atoms with E-state index in [9.17, 15) is 4.79 Å². The molecule has 0 atom stereocenters. The van der Waals surface area contributed by atoms with E-state index < -0.39 is 0 Å². The molecule has 4 rings (SSSR count). The lowest BCUT2D eigenvalue weighted by Crippen LogP contribution is -2.31. The number of benzene rings is 3. The summed E-state index contributed by atoms with van der Waals surface area (Å²) in [6.45, 7) is 1.94. The van der Waals surface area contributed by atoms with E-state index in [-0.39, 0.29) is 5.91 Å². The summed E-state index contributed by atoms with van der Waals surface area (Å²) in [6, 6.07) is 26.3. The second kappa shape index (κ2) is 9.28. The zero-order chi connectivity index (χ0) is 19.9. The quantitative estimate of drug-likeness (QED) is 0.571. The number of aryl methyl sites for hydroxylation is 1. The van der Waals surface area contributed by atoms with Gasteiger partial charge in [-0.3, -0.25) is 4.79 Å². The van der Waals surface area contributed by atoms with E-state index in [1.165, 1.54) is 16.8 Å². The summed E-state index contributed by atoms with van der Waals surface area (Å²) in [5.41, 5.74) is 4.60. The molecule has 1 aliphatic heterocycles. The minimum absolute atomic E-state index is 0.00164. The molecule has 0 radical (unpaired) electrons. The van der Waals surface area contributed by atoms with Gasteiger partial charge in [0, 0.05) is 17.9 Å². The van der Waals surface area contributed by atoms with Crippen LogP contribution in [0.4, 0.5) is 11.4 Å². The molecule has 3 aromatic rings. The van der Waals surface area contributed by atoms with Crippen LogP contribution >= 0.6 is 0 Å². The molecule has 0 saturated carbocycles. The lowest BCUT2D eigenvalue weighted by Gasteiger charge is -2.18. The Morgan fingerprint density at radius 2 is 1.69 bits per heavy atom. The Morgan fingerprint density at radius 1 is 0.931 bits per heavy atom. The number of amides is 1. The second-order valence-corrected chi connectivity index (χ2v) is 7.31. The third-order valence-electron chi connectivity index (χ3n) is 5.18. The predicted molar refractivity (Wildman–Crippen MR) is 118 cm³/mol. The lowest BCUT2D eigenvalue weighted by molar-refractivity contribution is -0.115. The molecule has 0 bridgehead atoms. The highest BCUT2D eigenvalue weighted by molar-refractivity contribution is 5.94. The molecule has 4 heteroatoms. The number of carbonyl (C=O) groups is 1. The summed E-state index contributed by atoms with van der Waals surface area (Å²) in [6.07, 6.45) is 2.98. The van der Waals surface area contributed by atoms with Gasteiger partial charge in [0.2, 0.25) is 5.91 Å². The van der Waals surface area contributed by atoms with Crippen LogP contribution in [0, 0.1) is 0 Å². The number of hydrogen-bond donors (Lipinski definition) is 1. The van der Waals surface area contributed by atoms with Crippen LogP contribution in [-0.2, 0) is 17.6 Å². The topological polar surface area (TPSA) is 41.6 Å². The summed E-state index contributed by atoms with van der Waals surface area (Å²) in [5.74, 6) is 0.822. The van der Waals surface area contributed by atoms with Gasteiger partial charge in [0.25, 0.3) is 0 Å². The van der Waals surface area contributed by atoms with Crippen molar-refractivity contribution < 1.29 is 9.53 Å². The number of ether oxygens (including phenoxy) is 1. The Bertz CT molecular complexity index is 939. The molecule has 1 heterocycles. The monoisotopic (exact) mass is 386 g/mol.